The van der Waals surface area contributed by atoms with Crippen LogP contribution in [0.25, 0.3) is 0 Å². The van der Waals surface area contributed by atoms with E-state index in [9.17, 15) is 9.59 Å². The molecule has 1 amide bonds. The van der Waals surface area contributed by atoms with Crippen molar-refractivity contribution in [1.82, 2.24) is 0 Å². The van der Waals surface area contributed by atoms with Crippen LogP contribution in [-0.2, 0) is 9.53 Å². The molecule has 0 heterocycles. The van der Waals surface area contributed by atoms with E-state index in [0.717, 1.165) is 12.8 Å². The third-order valence-electron chi connectivity index (χ3n) is 2.94. The van der Waals surface area contributed by atoms with Gasteiger partial charge < -0.3 is 15.8 Å². The predicted molar refractivity (Wildman–Crippen MR) is 86.2 cm³/mol. The molecule has 0 aliphatic heterocycles. The van der Waals surface area contributed by atoms with Crippen molar-refractivity contribution >= 4 is 33.5 Å². The Kier molecular flexibility index (Phi) is 7.39. The standard InChI is InChI=1S/C15H21BrN2O3/c1-3-5-6-12(17)14(19)18-13-8-7-10(9-11(13)16)15(20)21-4-2/h7-9,12H,3-6,17H2,1-2H3,(H,18,19)/t12-/m0/s1. The fourth-order valence-electron chi connectivity index (χ4n) is 1.74. The first-order valence-corrected chi connectivity index (χ1v) is 7.82. The second kappa shape index (κ2) is 8.79. The lowest BCUT2D eigenvalue weighted by atomic mass is 10.1. The van der Waals surface area contributed by atoms with E-state index in [4.69, 9.17) is 10.5 Å². The Hall–Kier alpha value is -1.40. The van der Waals surface area contributed by atoms with Crippen LogP contribution in [0.4, 0.5) is 5.69 Å². The molecule has 6 heteroatoms. The van der Waals surface area contributed by atoms with E-state index in [1.807, 2.05) is 0 Å². The minimum absolute atomic E-state index is 0.229. The van der Waals surface area contributed by atoms with E-state index in [0.29, 0.717) is 28.8 Å². The molecule has 1 aromatic carbocycles. The van der Waals surface area contributed by atoms with Crippen LogP contribution in [0.3, 0.4) is 0 Å². The van der Waals surface area contributed by atoms with Crippen LogP contribution in [0, 0.1) is 0 Å². The van der Waals surface area contributed by atoms with Gasteiger partial charge in [0.2, 0.25) is 5.91 Å². The van der Waals surface area contributed by atoms with Crippen LogP contribution >= 0.6 is 15.9 Å². The maximum atomic E-state index is 11.9. The van der Waals surface area contributed by atoms with Gasteiger partial charge in [-0.05, 0) is 47.5 Å². The molecule has 5 nitrogen and oxygen atoms in total. The van der Waals surface area contributed by atoms with Crippen molar-refractivity contribution in [1.29, 1.82) is 0 Å². The fraction of sp³-hybridized carbons (Fsp3) is 0.467. The molecule has 1 aromatic rings. The van der Waals surface area contributed by atoms with Crippen LogP contribution < -0.4 is 11.1 Å². The van der Waals surface area contributed by atoms with Gasteiger partial charge >= 0.3 is 5.97 Å². The lowest BCUT2D eigenvalue weighted by Gasteiger charge is -2.13. The number of hydrogen-bond donors (Lipinski definition) is 2. The molecule has 3 N–H and O–H groups in total. The topological polar surface area (TPSA) is 81.4 Å². The summed E-state index contributed by atoms with van der Waals surface area (Å²) in [6, 6.07) is 4.35. The average molecular weight is 357 g/mol. The number of amides is 1. The molecule has 0 radical (unpaired) electrons. The summed E-state index contributed by atoms with van der Waals surface area (Å²) in [4.78, 5) is 23.5. The highest BCUT2D eigenvalue weighted by Gasteiger charge is 2.15. The number of ether oxygens (including phenoxy) is 1. The van der Waals surface area contributed by atoms with Crippen molar-refractivity contribution in [3.8, 4) is 0 Å². The minimum atomic E-state index is -0.526. The molecule has 21 heavy (non-hydrogen) atoms. The highest BCUT2D eigenvalue weighted by Crippen LogP contribution is 2.24. The average Bonchev–Trinajstić information content (AvgIpc) is 2.46. The van der Waals surface area contributed by atoms with Crippen LogP contribution in [0.5, 0.6) is 0 Å². The lowest BCUT2D eigenvalue weighted by molar-refractivity contribution is -0.117. The molecule has 0 aliphatic carbocycles. The maximum absolute atomic E-state index is 11.9. The van der Waals surface area contributed by atoms with Gasteiger partial charge in [-0.1, -0.05) is 19.8 Å². The number of hydrogen-bond acceptors (Lipinski definition) is 4. The second-order valence-corrected chi connectivity index (χ2v) is 5.51. The SMILES string of the molecule is CCCC[C@H](N)C(=O)Nc1ccc(C(=O)OCC)cc1Br. The van der Waals surface area contributed by atoms with Gasteiger partial charge in [-0.2, -0.15) is 0 Å². The van der Waals surface area contributed by atoms with E-state index < -0.39 is 12.0 Å². The summed E-state index contributed by atoms with van der Waals surface area (Å²) < 4.78 is 5.53. The number of esters is 1. The summed E-state index contributed by atoms with van der Waals surface area (Å²) in [5.41, 5.74) is 6.83. The lowest BCUT2D eigenvalue weighted by Crippen LogP contribution is -2.35. The maximum Gasteiger partial charge on any atom is 0.338 e. The van der Waals surface area contributed by atoms with Crippen molar-refractivity contribution in [2.24, 2.45) is 5.73 Å². The molecule has 0 fully saturated rings. The summed E-state index contributed by atoms with van der Waals surface area (Å²) in [5, 5.41) is 2.75. The number of benzene rings is 1. The molecule has 1 rings (SSSR count). The van der Waals surface area contributed by atoms with Crippen molar-refractivity contribution in [2.45, 2.75) is 39.2 Å². The Morgan fingerprint density at radius 2 is 2.10 bits per heavy atom. The van der Waals surface area contributed by atoms with Crippen molar-refractivity contribution in [3.63, 3.8) is 0 Å². The summed E-state index contributed by atoms with van der Waals surface area (Å²) in [6.07, 6.45) is 2.57. The Bertz CT molecular complexity index is 506. The number of unbranched alkanes of at least 4 members (excludes halogenated alkanes) is 1. The molecule has 0 aliphatic rings. The quantitative estimate of drug-likeness (QED) is 0.735. The molecule has 0 spiro atoms. The van der Waals surface area contributed by atoms with Crippen LogP contribution in [0.1, 0.15) is 43.5 Å². The van der Waals surface area contributed by atoms with E-state index in [2.05, 4.69) is 28.2 Å². The molecule has 116 valence electrons. The first-order chi connectivity index (χ1) is 9.99. The van der Waals surface area contributed by atoms with Gasteiger partial charge in [0.15, 0.2) is 0 Å². The zero-order valence-corrected chi connectivity index (χ0v) is 13.9. The zero-order valence-electron chi connectivity index (χ0n) is 12.3. The normalized spacial score (nSPS) is 11.8. The highest BCUT2D eigenvalue weighted by molar-refractivity contribution is 9.10. The number of halogens is 1. The van der Waals surface area contributed by atoms with Gasteiger partial charge in [-0.25, -0.2) is 4.79 Å². The first kappa shape index (κ1) is 17.7. The number of nitrogens with one attached hydrogen (secondary N) is 1. The molecular weight excluding hydrogens is 336 g/mol. The molecule has 0 saturated carbocycles. The first-order valence-electron chi connectivity index (χ1n) is 7.02. The van der Waals surface area contributed by atoms with E-state index in [1.165, 1.54) is 0 Å². The number of anilines is 1. The van der Waals surface area contributed by atoms with E-state index >= 15 is 0 Å². The van der Waals surface area contributed by atoms with Gasteiger partial charge in [0.25, 0.3) is 0 Å². The van der Waals surface area contributed by atoms with Crippen molar-refractivity contribution in [3.05, 3.63) is 28.2 Å². The molecular formula is C15H21BrN2O3. The largest absolute Gasteiger partial charge is 0.462 e. The summed E-state index contributed by atoms with van der Waals surface area (Å²) >= 11 is 3.33. The Balaban J connectivity index is 2.72. The van der Waals surface area contributed by atoms with Crippen LogP contribution in [0.15, 0.2) is 22.7 Å². The van der Waals surface area contributed by atoms with Crippen LogP contribution in [-0.4, -0.2) is 24.5 Å². The number of nitrogens with two attached hydrogens (primary N) is 1. The zero-order chi connectivity index (χ0) is 15.8. The fourth-order valence-corrected chi connectivity index (χ4v) is 2.22. The van der Waals surface area contributed by atoms with Crippen molar-refractivity contribution < 1.29 is 14.3 Å². The number of carbonyl (C=O) groups excluding carboxylic acids is 2. The summed E-state index contributed by atoms with van der Waals surface area (Å²) in [5.74, 6) is -0.622. The van der Waals surface area contributed by atoms with Gasteiger partial charge in [0.05, 0.1) is 23.9 Å². The third-order valence-corrected chi connectivity index (χ3v) is 3.60. The Labute approximate surface area is 133 Å². The summed E-state index contributed by atoms with van der Waals surface area (Å²) in [7, 11) is 0. The highest BCUT2D eigenvalue weighted by atomic mass is 79.9. The minimum Gasteiger partial charge on any atom is -0.462 e. The van der Waals surface area contributed by atoms with E-state index in [1.54, 1.807) is 25.1 Å². The summed E-state index contributed by atoms with van der Waals surface area (Å²) in [6.45, 7) is 4.12. The monoisotopic (exact) mass is 356 g/mol. The van der Waals surface area contributed by atoms with Crippen molar-refractivity contribution in [2.75, 3.05) is 11.9 Å². The second-order valence-electron chi connectivity index (χ2n) is 4.65. The molecule has 0 bridgehead atoms. The number of rotatable bonds is 7. The molecule has 0 unspecified atom stereocenters. The van der Waals surface area contributed by atoms with E-state index in [-0.39, 0.29) is 5.91 Å². The Morgan fingerprint density at radius 1 is 1.38 bits per heavy atom. The van der Waals surface area contributed by atoms with Gasteiger partial charge in [0, 0.05) is 4.47 Å². The predicted octanol–water partition coefficient (Wildman–Crippen LogP) is 3.08. The molecule has 1 atom stereocenters. The van der Waals surface area contributed by atoms with Crippen LogP contribution in [0.2, 0.25) is 0 Å². The van der Waals surface area contributed by atoms with Gasteiger partial charge in [0.1, 0.15) is 0 Å². The van der Waals surface area contributed by atoms with Gasteiger partial charge in [-0.15, -0.1) is 0 Å². The smallest absolute Gasteiger partial charge is 0.338 e. The molecule has 0 aromatic heterocycles. The van der Waals surface area contributed by atoms with Gasteiger partial charge in [-0.3, -0.25) is 4.79 Å². The number of carbonyl (C=O) groups is 2. The Morgan fingerprint density at radius 3 is 2.67 bits per heavy atom. The molecule has 0 saturated heterocycles. The third kappa shape index (κ3) is 5.47.